The third-order valence-electron chi connectivity index (χ3n) is 4.90. The van der Waals surface area contributed by atoms with E-state index in [0.717, 1.165) is 24.9 Å². The number of carbonyl (C=O) groups is 1. The maximum absolute atomic E-state index is 12.1. The van der Waals surface area contributed by atoms with Gasteiger partial charge in [-0.3, -0.25) is 9.69 Å². The highest BCUT2D eigenvalue weighted by molar-refractivity contribution is 5.78. The van der Waals surface area contributed by atoms with Crippen LogP contribution in [-0.2, 0) is 4.79 Å². The number of likely N-dealkylation sites (N-methyl/N-ethyl adjacent to an activating group) is 1. The molecule has 1 fully saturated rings. The Kier molecular flexibility index (Phi) is 3.00. The Hall–Kier alpha value is -2.22. The Balaban J connectivity index is 1.83. The van der Waals surface area contributed by atoms with Crippen molar-refractivity contribution in [2.24, 2.45) is 0 Å². The Bertz CT molecular complexity index is 729. The van der Waals surface area contributed by atoms with Crippen molar-refractivity contribution in [1.82, 2.24) is 9.38 Å². The summed E-state index contributed by atoms with van der Waals surface area (Å²) in [5, 5.41) is 0. The first-order chi connectivity index (χ1) is 10.7. The van der Waals surface area contributed by atoms with Gasteiger partial charge in [-0.1, -0.05) is 6.08 Å². The van der Waals surface area contributed by atoms with Gasteiger partial charge in [0.05, 0.1) is 7.05 Å². The maximum Gasteiger partial charge on any atom is 0.238 e. The molecule has 1 aliphatic carbocycles. The lowest BCUT2D eigenvalue weighted by atomic mass is 9.92. The van der Waals surface area contributed by atoms with E-state index in [1.54, 1.807) is 0 Å². The second-order valence-corrected chi connectivity index (χ2v) is 6.40. The fraction of sp³-hybridized carbons (Fsp3) is 0.316. The van der Waals surface area contributed by atoms with Gasteiger partial charge < -0.3 is 0 Å². The van der Waals surface area contributed by atoms with E-state index in [1.165, 1.54) is 17.0 Å². The number of para-hydroxylation sites is 1. The molecule has 1 unspecified atom stereocenters. The van der Waals surface area contributed by atoms with Gasteiger partial charge in [-0.2, -0.15) is 4.48 Å². The number of quaternary nitrogens is 1. The van der Waals surface area contributed by atoms with Crippen LogP contribution < -0.4 is 4.48 Å². The third-order valence-corrected chi connectivity index (χ3v) is 4.90. The van der Waals surface area contributed by atoms with E-state index in [2.05, 4.69) is 55.6 Å². The molecule has 1 saturated heterocycles. The number of amides is 1. The highest BCUT2D eigenvalue weighted by atomic mass is 16.2. The quantitative estimate of drug-likeness (QED) is 0.606. The van der Waals surface area contributed by atoms with Crippen molar-refractivity contribution >= 4 is 11.6 Å². The van der Waals surface area contributed by atoms with Crippen molar-refractivity contribution in [3.05, 3.63) is 65.4 Å². The Morgan fingerprint density at radius 3 is 3.00 bits per heavy atom. The number of fused-ring (bicyclic) bond motifs is 2. The van der Waals surface area contributed by atoms with Crippen LogP contribution in [0.2, 0.25) is 0 Å². The molecule has 1 aromatic carbocycles. The van der Waals surface area contributed by atoms with Gasteiger partial charge in [-0.15, -0.1) is 0 Å². The molecule has 3 nitrogen and oxygen atoms in total. The standard InChI is InChI=1S/C19H20N2O/c1-21(14-20-12-6-11-19(20)22)17-9-4-2-7-15(17)13-16-8-3-5-10-18(16)21/h2-5,7,9-10H,6,8,11-12,14H2,1H3/q+2. The molecule has 0 radical (unpaired) electrons. The van der Waals surface area contributed by atoms with Crippen LogP contribution >= 0.6 is 0 Å². The lowest BCUT2D eigenvalue weighted by Crippen LogP contribution is -2.54. The van der Waals surface area contributed by atoms with Gasteiger partial charge in [0.15, 0.2) is 12.2 Å². The SMILES string of the molecule is C[N+]1(CN2CCCC2=O)C2=CC=CCC2=[C+]c2ccccc21. The minimum Gasteiger partial charge on any atom is -0.294 e. The highest BCUT2D eigenvalue weighted by Gasteiger charge is 2.47. The Morgan fingerprint density at radius 1 is 1.32 bits per heavy atom. The number of allylic oxidation sites excluding steroid dienone is 4. The van der Waals surface area contributed by atoms with Crippen molar-refractivity contribution < 1.29 is 4.79 Å². The molecule has 0 bridgehead atoms. The molecule has 22 heavy (non-hydrogen) atoms. The van der Waals surface area contributed by atoms with Crippen LogP contribution in [0.1, 0.15) is 24.8 Å². The zero-order chi connectivity index (χ0) is 15.2. The monoisotopic (exact) mass is 292 g/mol. The van der Waals surface area contributed by atoms with Crippen molar-refractivity contribution in [1.29, 1.82) is 0 Å². The molecule has 3 aliphatic rings. The van der Waals surface area contributed by atoms with E-state index in [4.69, 9.17) is 0 Å². The molecule has 0 aromatic heterocycles. The van der Waals surface area contributed by atoms with Crippen LogP contribution in [0.3, 0.4) is 0 Å². The van der Waals surface area contributed by atoms with E-state index in [-0.39, 0.29) is 5.91 Å². The lowest BCUT2D eigenvalue weighted by molar-refractivity contribution is -0.128. The van der Waals surface area contributed by atoms with Crippen molar-refractivity contribution in [3.63, 3.8) is 0 Å². The summed E-state index contributed by atoms with van der Waals surface area (Å²) >= 11 is 0. The van der Waals surface area contributed by atoms with E-state index in [0.29, 0.717) is 17.6 Å². The molecule has 0 N–H and O–H groups in total. The molecule has 110 valence electrons. The van der Waals surface area contributed by atoms with Gasteiger partial charge in [0.2, 0.25) is 22.9 Å². The summed E-state index contributed by atoms with van der Waals surface area (Å²) < 4.78 is 0.661. The molecule has 2 heterocycles. The van der Waals surface area contributed by atoms with E-state index >= 15 is 0 Å². The molecule has 3 heteroatoms. The van der Waals surface area contributed by atoms with Gasteiger partial charge in [0, 0.05) is 43.7 Å². The normalized spacial score (nSPS) is 26.0. The molecule has 4 rings (SSSR count). The van der Waals surface area contributed by atoms with Gasteiger partial charge in [0.25, 0.3) is 0 Å². The zero-order valence-corrected chi connectivity index (χ0v) is 12.9. The number of benzene rings is 1. The number of hydrogen-bond donors (Lipinski definition) is 0. The van der Waals surface area contributed by atoms with Crippen LogP contribution in [0.25, 0.3) is 0 Å². The number of carbonyl (C=O) groups excluding carboxylic acids is 1. The molecule has 1 amide bonds. The fourth-order valence-corrected chi connectivity index (χ4v) is 3.78. The van der Waals surface area contributed by atoms with Crippen molar-refractivity contribution in [2.45, 2.75) is 19.3 Å². The van der Waals surface area contributed by atoms with Crippen LogP contribution in [-0.4, -0.2) is 31.1 Å². The third kappa shape index (κ3) is 1.94. The number of rotatable bonds is 2. The topological polar surface area (TPSA) is 20.3 Å². The minimum atomic E-state index is 0.281. The van der Waals surface area contributed by atoms with Crippen LogP contribution in [0.15, 0.2) is 53.8 Å². The number of nitrogens with zero attached hydrogens (tertiary/aromatic N) is 2. The summed E-state index contributed by atoms with van der Waals surface area (Å²) in [6.45, 7) is 1.58. The van der Waals surface area contributed by atoms with Crippen molar-refractivity contribution in [2.75, 3.05) is 20.3 Å². The molecular formula is C19H20N2O+2. The molecule has 1 atom stereocenters. The summed E-state index contributed by atoms with van der Waals surface area (Å²) in [7, 11) is 2.22. The predicted molar refractivity (Wildman–Crippen MR) is 87.7 cm³/mol. The second-order valence-electron chi connectivity index (χ2n) is 6.40. The molecular weight excluding hydrogens is 272 g/mol. The Labute approximate surface area is 131 Å². The largest absolute Gasteiger partial charge is 0.294 e. The smallest absolute Gasteiger partial charge is 0.238 e. The average molecular weight is 292 g/mol. The maximum atomic E-state index is 12.1. The number of likely N-dealkylation sites (tertiary alicyclic amines) is 1. The van der Waals surface area contributed by atoms with E-state index in [9.17, 15) is 4.79 Å². The number of hydrogen-bond acceptors (Lipinski definition) is 1. The molecule has 0 saturated carbocycles. The summed E-state index contributed by atoms with van der Waals surface area (Å²) in [5.41, 5.74) is 4.89. The van der Waals surface area contributed by atoms with Gasteiger partial charge in [-0.25, -0.2) is 0 Å². The van der Waals surface area contributed by atoms with Crippen LogP contribution in [0.4, 0.5) is 5.69 Å². The molecule has 2 aliphatic heterocycles. The van der Waals surface area contributed by atoms with Crippen molar-refractivity contribution in [3.8, 4) is 0 Å². The van der Waals surface area contributed by atoms with Gasteiger partial charge in [0.1, 0.15) is 0 Å². The van der Waals surface area contributed by atoms with E-state index in [1.807, 2.05) is 4.90 Å². The highest BCUT2D eigenvalue weighted by Crippen LogP contribution is 2.41. The molecule has 0 spiro atoms. The first kappa shape index (κ1) is 13.4. The summed E-state index contributed by atoms with van der Waals surface area (Å²) in [6, 6.07) is 8.43. The second kappa shape index (κ2) is 4.91. The van der Waals surface area contributed by atoms with Crippen LogP contribution in [0, 0.1) is 6.08 Å². The summed E-state index contributed by atoms with van der Waals surface area (Å²) in [4.78, 5) is 14.1. The summed E-state index contributed by atoms with van der Waals surface area (Å²) in [5.74, 6) is 0.281. The first-order valence-corrected chi connectivity index (χ1v) is 7.92. The summed E-state index contributed by atoms with van der Waals surface area (Å²) in [6.07, 6.45) is 12.6. The molecule has 1 aromatic rings. The van der Waals surface area contributed by atoms with Gasteiger partial charge >= 0.3 is 0 Å². The first-order valence-electron chi connectivity index (χ1n) is 7.92. The average Bonchev–Trinajstić information content (AvgIpc) is 2.93. The van der Waals surface area contributed by atoms with Gasteiger partial charge in [-0.05, 0) is 24.6 Å². The minimum absolute atomic E-state index is 0.281. The fourth-order valence-electron chi connectivity index (χ4n) is 3.78. The zero-order valence-electron chi connectivity index (χ0n) is 12.9. The Morgan fingerprint density at radius 2 is 2.18 bits per heavy atom. The predicted octanol–water partition coefficient (Wildman–Crippen LogP) is 3.14. The van der Waals surface area contributed by atoms with E-state index < -0.39 is 0 Å². The lowest BCUT2D eigenvalue weighted by Gasteiger charge is -2.36. The van der Waals surface area contributed by atoms with Crippen LogP contribution in [0.5, 0.6) is 0 Å².